The second-order valence-electron chi connectivity index (χ2n) is 3.76. The molecule has 3 nitrogen and oxygen atoms in total. The number of hydrogen-bond acceptors (Lipinski definition) is 4. The Morgan fingerprint density at radius 2 is 2.20 bits per heavy atom. The van der Waals surface area contributed by atoms with Crippen LogP contribution in [0.2, 0.25) is 0 Å². The third-order valence-electron chi connectivity index (χ3n) is 2.03. The first kappa shape index (κ1) is 12.5. The minimum absolute atomic E-state index is 0.432. The Bertz CT molecular complexity index is 285. The van der Waals surface area contributed by atoms with E-state index >= 15 is 0 Å². The molecule has 4 heteroatoms. The van der Waals surface area contributed by atoms with E-state index in [0.29, 0.717) is 0 Å². The summed E-state index contributed by atoms with van der Waals surface area (Å²) in [6.45, 7) is 2.79. The van der Waals surface area contributed by atoms with Gasteiger partial charge < -0.3 is 10.0 Å². The molecule has 1 rings (SSSR count). The van der Waals surface area contributed by atoms with Gasteiger partial charge in [0.1, 0.15) is 0 Å². The molecule has 0 aromatic carbocycles. The molecule has 0 aliphatic heterocycles. The first-order valence-electron chi connectivity index (χ1n) is 5.01. The Labute approximate surface area is 95.5 Å². The van der Waals surface area contributed by atoms with E-state index in [2.05, 4.69) is 24.0 Å². The lowest BCUT2D eigenvalue weighted by molar-refractivity contribution is 0.198. The minimum Gasteiger partial charge on any atom is -0.389 e. The maximum Gasteiger partial charge on any atom is 0.0960 e. The van der Waals surface area contributed by atoms with E-state index in [1.54, 1.807) is 24.9 Å². The number of thioether (sulfide) groups is 1. The Hall–Kier alpha value is -0.580. The van der Waals surface area contributed by atoms with E-state index in [-0.39, 0.29) is 0 Å². The van der Waals surface area contributed by atoms with Crippen molar-refractivity contribution < 1.29 is 5.11 Å². The molecular formula is C11H18N2OS. The number of rotatable bonds is 5. The van der Waals surface area contributed by atoms with Gasteiger partial charge in [0.05, 0.1) is 11.1 Å². The van der Waals surface area contributed by atoms with Crippen LogP contribution < -0.4 is 0 Å². The van der Waals surface area contributed by atoms with Crippen molar-refractivity contribution in [1.82, 2.24) is 9.88 Å². The van der Waals surface area contributed by atoms with Gasteiger partial charge in [-0.25, -0.2) is 4.98 Å². The SMILES string of the molecule is C[C@@H](O)c1ccc(SCCN(C)C)nc1. The van der Waals surface area contributed by atoms with Gasteiger partial charge in [-0.3, -0.25) is 0 Å². The van der Waals surface area contributed by atoms with Crippen LogP contribution in [0.1, 0.15) is 18.6 Å². The molecule has 0 bridgehead atoms. The second kappa shape index (κ2) is 6.10. The smallest absolute Gasteiger partial charge is 0.0960 e. The number of aromatic nitrogens is 1. The van der Waals surface area contributed by atoms with Crippen LogP contribution in [-0.4, -0.2) is 41.4 Å². The fourth-order valence-corrected chi connectivity index (χ4v) is 2.01. The number of pyridine rings is 1. The van der Waals surface area contributed by atoms with Crippen LogP contribution in [0.5, 0.6) is 0 Å². The number of nitrogens with zero attached hydrogens (tertiary/aromatic N) is 2. The normalized spacial score (nSPS) is 13.1. The lowest BCUT2D eigenvalue weighted by Gasteiger charge is -2.08. The number of aliphatic hydroxyl groups excluding tert-OH is 1. The van der Waals surface area contributed by atoms with Crippen molar-refractivity contribution >= 4 is 11.8 Å². The van der Waals surface area contributed by atoms with E-state index in [4.69, 9.17) is 0 Å². The van der Waals surface area contributed by atoms with Crippen LogP contribution in [-0.2, 0) is 0 Å². The summed E-state index contributed by atoms with van der Waals surface area (Å²) in [4.78, 5) is 6.43. The summed E-state index contributed by atoms with van der Waals surface area (Å²) in [6, 6.07) is 3.89. The Morgan fingerprint density at radius 1 is 1.47 bits per heavy atom. The van der Waals surface area contributed by atoms with Crippen molar-refractivity contribution in [2.24, 2.45) is 0 Å². The topological polar surface area (TPSA) is 36.4 Å². The Morgan fingerprint density at radius 3 is 2.67 bits per heavy atom. The molecule has 0 spiro atoms. The molecule has 0 fully saturated rings. The predicted octanol–water partition coefficient (Wildman–Crippen LogP) is 1.79. The van der Waals surface area contributed by atoms with Gasteiger partial charge in [-0.15, -0.1) is 11.8 Å². The molecule has 1 aromatic rings. The van der Waals surface area contributed by atoms with Gasteiger partial charge in [-0.1, -0.05) is 6.07 Å². The van der Waals surface area contributed by atoms with Crippen LogP contribution in [0.3, 0.4) is 0 Å². The molecule has 0 saturated heterocycles. The molecule has 0 unspecified atom stereocenters. The molecule has 84 valence electrons. The lowest BCUT2D eigenvalue weighted by Crippen LogP contribution is -2.14. The average Bonchev–Trinajstić information content (AvgIpc) is 2.18. The second-order valence-corrected chi connectivity index (χ2v) is 4.87. The maximum atomic E-state index is 9.31. The van der Waals surface area contributed by atoms with E-state index in [1.807, 2.05) is 12.1 Å². The van der Waals surface area contributed by atoms with Gasteiger partial charge in [0.25, 0.3) is 0 Å². The summed E-state index contributed by atoms with van der Waals surface area (Å²) in [5, 5.41) is 10.3. The monoisotopic (exact) mass is 226 g/mol. The average molecular weight is 226 g/mol. The lowest BCUT2D eigenvalue weighted by atomic mass is 10.2. The molecule has 15 heavy (non-hydrogen) atoms. The molecule has 1 aromatic heterocycles. The standard InChI is InChI=1S/C11H18N2OS/c1-9(14)10-4-5-11(12-8-10)15-7-6-13(2)3/h4-5,8-9,14H,6-7H2,1-3H3/t9-/m1/s1. The van der Waals surface area contributed by atoms with E-state index < -0.39 is 6.10 Å². The molecule has 1 N–H and O–H groups in total. The van der Waals surface area contributed by atoms with Crippen molar-refractivity contribution in [2.75, 3.05) is 26.4 Å². The van der Waals surface area contributed by atoms with Crippen LogP contribution in [0.15, 0.2) is 23.4 Å². The van der Waals surface area contributed by atoms with Crippen molar-refractivity contribution in [2.45, 2.75) is 18.1 Å². The highest BCUT2D eigenvalue weighted by Crippen LogP contribution is 2.17. The largest absolute Gasteiger partial charge is 0.389 e. The summed E-state index contributed by atoms with van der Waals surface area (Å²) in [7, 11) is 4.12. The summed E-state index contributed by atoms with van der Waals surface area (Å²) >= 11 is 1.73. The molecular weight excluding hydrogens is 208 g/mol. The van der Waals surface area contributed by atoms with Crippen molar-refractivity contribution in [3.8, 4) is 0 Å². The fraction of sp³-hybridized carbons (Fsp3) is 0.545. The Balaban J connectivity index is 2.43. The Kier molecular flexibility index (Phi) is 5.08. The van der Waals surface area contributed by atoms with Crippen molar-refractivity contribution in [1.29, 1.82) is 0 Å². The molecule has 1 atom stereocenters. The highest BCUT2D eigenvalue weighted by atomic mass is 32.2. The zero-order valence-corrected chi connectivity index (χ0v) is 10.3. The van der Waals surface area contributed by atoms with Crippen LogP contribution in [0, 0.1) is 0 Å². The van der Waals surface area contributed by atoms with E-state index in [9.17, 15) is 5.11 Å². The third-order valence-corrected chi connectivity index (χ3v) is 2.95. The van der Waals surface area contributed by atoms with Gasteiger partial charge >= 0.3 is 0 Å². The van der Waals surface area contributed by atoms with Crippen molar-refractivity contribution in [3.05, 3.63) is 23.9 Å². The number of hydrogen-bond donors (Lipinski definition) is 1. The third kappa shape index (κ3) is 4.64. The van der Waals surface area contributed by atoms with Gasteiger partial charge in [-0.2, -0.15) is 0 Å². The van der Waals surface area contributed by atoms with Crippen LogP contribution >= 0.6 is 11.8 Å². The van der Waals surface area contributed by atoms with Gasteiger partial charge in [0, 0.05) is 18.5 Å². The molecule has 1 heterocycles. The molecule has 0 saturated carbocycles. The summed E-state index contributed by atoms with van der Waals surface area (Å²) in [6.07, 6.45) is 1.31. The first-order chi connectivity index (χ1) is 7.09. The molecule has 0 aliphatic rings. The first-order valence-corrected chi connectivity index (χ1v) is 5.99. The quantitative estimate of drug-likeness (QED) is 0.777. The van der Waals surface area contributed by atoms with Gasteiger partial charge in [0.15, 0.2) is 0 Å². The van der Waals surface area contributed by atoms with Crippen molar-refractivity contribution in [3.63, 3.8) is 0 Å². The summed E-state index contributed by atoms with van der Waals surface area (Å²) in [5.41, 5.74) is 0.868. The van der Waals surface area contributed by atoms with E-state index in [0.717, 1.165) is 22.9 Å². The zero-order chi connectivity index (χ0) is 11.3. The van der Waals surface area contributed by atoms with Gasteiger partial charge in [0.2, 0.25) is 0 Å². The van der Waals surface area contributed by atoms with Crippen LogP contribution in [0.4, 0.5) is 0 Å². The highest BCUT2D eigenvalue weighted by Gasteiger charge is 2.01. The predicted molar refractivity (Wildman–Crippen MR) is 64.1 cm³/mol. The van der Waals surface area contributed by atoms with Gasteiger partial charge in [-0.05, 0) is 32.6 Å². The number of aliphatic hydroxyl groups is 1. The molecule has 0 amide bonds. The summed E-state index contributed by atoms with van der Waals surface area (Å²) < 4.78 is 0. The van der Waals surface area contributed by atoms with Crippen LogP contribution in [0.25, 0.3) is 0 Å². The maximum absolute atomic E-state index is 9.31. The fourth-order valence-electron chi connectivity index (χ4n) is 1.06. The molecule has 0 aliphatic carbocycles. The zero-order valence-electron chi connectivity index (χ0n) is 9.47. The summed E-state index contributed by atoms with van der Waals surface area (Å²) in [5.74, 6) is 1.04. The highest BCUT2D eigenvalue weighted by molar-refractivity contribution is 7.99. The minimum atomic E-state index is -0.432. The van der Waals surface area contributed by atoms with E-state index in [1.165, 1.54) is 0 Å². The molecule has 0 radical (unpaired) electrons.